The first-order chi connectivity index (χ1) is 11.2. The van der Waals surface area contributed by atoms with Gasteiger partial charge in [0.1, 0.15) is 6.10 Å². The first-order valence-electron chi connectivity index (χ1n) is 8.20. The molecule has 0 aliphatic carbocycles. The second-order valence-electron chi connectivity index (χ2n) is 8.72. The fourth-order valence-electron chi connectivity index (χ4n) is 3.06. The van der Waals surface area contributed by atoms with Gasteiger partial charge in [-0.25, -0.2) is 4.79 Å². The summed E-state index contributed by atoms with van der Waals surface area (Å²) in [6.45, 7) is 12.8. The molecule has 142 valence electrons. The van der Waals surface area contributed by atoms with Crippen LogP contribution in [0.5, 0.6) is 0 Å². The van der Waals surface area contributed by atoms with E-state index in [-0.39, 0.29) is 5.04 Å². The van der Waals surface area contributed by atoms with E-state index in [2.05, 4.69) is 10.0 Å². The third-order valence-corrected chi connectivity index (χ3v) is 11.2. The highest BCUT2D eigenvalue weighted by Crippen LogP contribution is 2.46. The Hall–Kier alpha value is -1.16. The Morgan fingerprint density at radius 2 is 1.88 bits per heavy atom. The number of esters is 1. The van der Waals surface area contributed by atoms with Crippen molar-refractivity contribution in [2.75, 3.05) is 0 Å². The van der Waals surface area contributed by atoms with E-state index in [9.17, 15) is 15.0 Å². The first kappa shape index (κ1) is 20.2. The molecule has 2 heterocycles. The van der Waals surface area contributed by atoms with Gasteiger partial charge in [-0.3, -0.25) is 0 Å². The van der Waals surface area contributed by atoms with Gasteiger partial charge in [-0.15, -0.1) is 0 Å². The van der Waals surface area contributed by atoms with E-state index in [1.165, 1.54) is 0 Å². The number of rotatable bonds is 4. The molecule has 5 atom stereocenters. The molecule has 2 aliphatic rings. The van der Waals surface area contributed by atoms with Crippen LogP contribution in [0, 0.1) is 0 Å². The van der Waals surface area contributed by atoms with Gasteiger partial charge in [-0.05, 0) is 24.4 Å². The van der Waals surface area contributed by atoms with Gasteiger partial charge in [0, 0.05) is 4.91 Å². The summed E-state index contributed by atoms with van der Waals surface area (Å²) in [4.78, 5) is 14.8. The molecule has 0 amide bonds. The maximum atomic E-state index is 12.1. The molecule has 2 aliphatic heterocycles. The Bertz CT molecular complexity index is 613. The number of aliphatic hydroxyl groups is 2. The van der Waals surface area contributed by atoms with Crippen LogP contribution in [0.2, 0.25) is 18.1 Å². The molecule has 2 fully saturated rings. The number of hydrogen-bond acceptors (Lipinski definition) is 7. The Morgan fingerprint density at radius 3 is 2.36 bits per heavy atom. The fraction of sp³-hybridized carbons (Fsp3) is 0.933. The number of nitrogens with zero attached hydrogens (tertiary/aromatic N) is 3. The highest BCUT2D eigenvalue weighted by atomic mass is 28.3. The second-order valence-corrected chi connectivity index (χ2v) is 14.2. The Kier molecular flexibility index (Phi) is 4.78. The molecular formula is C15H27N3O6Si. The quantitative estimate of drug-likeness (QED) is 0.254. The number of azide groups is 1. The van der Waals surface area contributed by atoms with Crippen LogP contribution in [0.15, 0.2) is 5.11 Å². The van der Waals surface area contributed by atoms with Crippen LogP contribution in [0.1, 0.15) is 34.6 Å². The smallest absolute Gasteiger partial charge is 0.338 e. The van der Waals surface area contributed by atoms with E-state index in [0.29, 0.717) is 0 Å². The predicted molar refractivity (Wildman–Crippen MR) is 91.0 cm³/mol. The lowest BCUT2D eigenvalue weighted by atomic mass is 10.0. The van der Waals surface area contributed by atoms with Crippen LogP contribution in [-0.2, 0) is 19.0 Å². The van der Waals surface area contributed by atoms with Crippen molar-refractivity contribution in [3.63, 3.8) is 0 Å². The lowest BCUT2D eigenvalue weighted by Crippen LogP contribution is -2.66. The summed E-state index contributed by atoms with van der Waals surface area (Å²) in [6.07, 6.45) is -3.36. The van der Waals surface area contributed by atoms with Crippen LogP contribution in [-0.4, -0.2) is 59.8 Å². The Balaban J connectivity index is 2.47. The van der Waals surface area contributed by atoms with Gasteiger partial charge in [-0.1, -0.05) is 39.0 Å². The number of carbonyl (C=O) groups is 1. The molecule has 0 aromatic carbocycles. The van der Waals surface area contributed by atoms with Crippen molar-refractivity contribution in [2.45, 2.75) is 88.3 Å². The summed E-state index contributed by atoms with van der Waals surface area (Å²) in [7, 11) is -2.60. The van der Waals surface area contributed by atoms with Gasteiger partial charge in [-0.2, -0.15) is 0 Å². The van der Waals surface area contributed by atoms with Crippen LogP contribution in [0.3, 0.4) is 0 Å². The van der Waals surface area contributed by atoms with E-state index in [0.717, 1.165) is 0 Å². The average Bonchev–Trinajstić information content (AvgIpc) is 2.91. The predicted octanol–water partition coefficient (Wildman–Crippen LogP) is 1.84. The molecule has 0 unspecified atom stereocenters. The molecule has 2 saturated heterocycles. The molecule has 0 bridgehead atoms. The minimum Gasteiger partial charge on any atom is -0.454 e. The average molecular weight is 373 g/mol. The molecule has 0 aromatic heterocycles. The maximum absolute atomic E-state index is 12.1. The highest BCUT2D eigenvalue weighted by Gasteiger charge is 2.66. The largest absolute Gasteiger partial charge is 0.454 e. The van der Waals surface area contributed by atoms with Crippen molar-refractivity contribution in [2.24, 2.45) is 5.11 Å². The molecule has 25 heavy (non-hydrogen) atoms. The zero-order chi connectivity index (χ0) is 19.4. The summed E-state index contributed by atoms with van der Waals surface area (Å²) in [5.41, 5.74) is 5.24. The first-order valence-corrected chi connectivity index (χ1v) is 11.3. The number of aliphatic hydroxyl groups excluding tert-OH is 1. The summed E-state index contributed by atoms with van der Waals surface area (Å²) in [5.74, 6) is -1.76. The summed E-state index contributed by atoms with van der Waals surface area (Å²) >= 11 is 0. The monoisotopic (exact) mass is 373 g/mol. The van der Waals surface area contributed by atoms with Gasteiger partial charge in [0.15, 0.2) is 18.0 Å². The normalized spacial score (nSPS) is 32.4. The topological polar surface area (TPSA) is 134 Å². The Labute approximate surface area is 147 Å². The number of cyclic esters (lactones) is 1. The zero-order valence-electron chi connectivity index (χ0n) is 15.7. The van der Waals surface area contributed by atoms with Crippen molar-refractivity contribution >= 4 is 14.0 Å². The molecule has 10 heteroatoms. The van der Waals surface area contributed by atoms with Gasteiger partial charge in [0.25, 0.3) is 0 Å². The minimum atomic E-state index is -2.60. The summed E-state index contributed by atoms with van der Waals surface area (Å²) in [5, 5.41) is 25.3. The molecule has 2 rings (SSSR count). The zero-order valence-corrected chi connectivity index (χ0v) is 16.7. The molecule has 0 saturated carbocycles. The van der Waals surface area contributed by atoms with Gasteiger partial charge >= 0.3 is 5.97 Å². The fourth-order valence-corrected chi connectivity index (χ4v) is 5.17. The van der Waals surface area contributed by atoms with Gasteiger partial charge < -0.3 is 24.4 Å². The third kappa shape index (κ3) is 3.18. The van der Waals surface area contributed by atoms with E-state index < -0.39 is 49.6 Å². The van der Waals surface area contributed by atoms with Crippen LogP contribution >= 0.6 is 0 Å². The van der Waals surface area contributed by atoms with Gasteiger partial charge in [0.05, 0.1) is 13.8 Å². The van der Waals surface area contributed by atoms with Crippen LogP contribution in [0.4, 0.5) is 0 Å². The van der Waals surface area contributed by atoms with Crippen molar-refractivity contribution in [3.8, 4) is 0 Å². The minimum absolute atomic E-state index is 0.320. The summed E-state index contributed by atoms with van der Waals surface area (Å²) in [6, 6.07) is 0. The lowest BCUT2D eigenvalue weighted by Gasteiger charge is -2.47. The van der Waals surface area contributed by atoms with Crippen molar-refractivity contribution in [3.05, 3.63) is 10.4 Å². The van der Waals surface area contributed by atoms with Crippen molar-refractivity contribution in [1.29, 1.82) is 0 Å². The van der Waals surface area contributed by atoms with Gasteiger partial charge in [0.2, 0.25) is 5.72 Å². The second kappa shape index (κ2) is 5.93. The third-order valence-electron chi connectivity index (χ3n) is 5.55. The van der Waals surface area contributed by atoms with E-state index >= 15 is 0 Å². The number of carbonyl (C=O) groups excluding carboxylic acids is 1. The van der Waals surface area contributed by atoms with E-state index in [1.54, 1.807) is 13.8 Å². The molecule has 9 nitrogen and oxygen atoms in total. The van der Waals surface area contributed by atoms with E-state index in [1.807, 2.05) is 33.9 Å². The van der Waals surface area contributed by atoms with Crippen LogP contribution < -0.4 is 0 Å². The standard InChI is InChI=1S/C15H27N3O6Si/c1-13(2,3)25(6,7)12(20)15(21,17-18-16)10-8-9(11(19)22-10)24-14(4,5)23-8/h8-10,12,20-21H,1-7H3/t8-,9+,10+,12+,15-/m1/s1. The molecule has 0 aromatic rings. The number of hydrogen-bond donors (Lipinski definition) is 2. The molecular weight excluding hydrogens is 346 g/mol. The van der Waals surface area contributed by atoms with Crippen molar-refractivity contribution in [1.82, 2.24) is 0 Å². The molecule has 0 spiro atoms. The highest BCUT2D eigenvalue weighted by molar-refractivity contribution is 6.81. The number of fused-ring (bicyclic) bond motifs is 1. The molecule has 0 radical (unpaired) electrons. The lowest BCUT2D eigenvalue weighted by molar-refractivity contribution is -0.211. The SMILES string of the molecule is CC1(C)O[C@@H]2[C@H](O1)C(=O)O[C@@H]2[C@](O)(N=[N+]=[N-])[C@@H](O)[Si](C)(C)C(C)(C)C. The van der Waals surface area contributed by atoms with Crippen LogP contribution in [0.25, 0.3) is 10.4 Å². The Morgan fingerprint density at radius 1 is 1.32 bits per heavy atom. The summed E-state index contributed by atoms with van der Waals surface area (Å²) < 4.78 is 16.4. The maximum Gasteiger partial charge on any atom is 0.338 e. The number of ether oxygens (including phenoxy) is 3. The molecule has 2 N–H and O–H groups in total. The van der Waals surface area contributed by atoms with E-state index in [4.69, 9.17) is 19.7 Å². The van der Waals surface area contributed by atoms with Crippen molar-refractivity contribution < 1.29 is 29.2 Å².